The van der Waals surface area contributed by atoms with Gasteiger partial charge in [0.2, 0.25) is 4.93 Å². The summed E-state index contributed by atoms with van der Waals surface area (Å²) in [6.45, 7) is 4.12. The van der Waals surface area contributed by atoms with Crippen LogP contribution in [0.25, 0.3) is 0 Å². The molecule has 1 heterocycles. The second-order valence-electron chi connectivity index (χ2n) is 6.37. The van der Waals surface area contributed by atoms with Gasteiger partial charge < -0.3 is 9.84 Å². The monoisotopic (exact) mass is 344 g/mol. The van der Waals surface area contributed by atoms with Crippen molar-refractivity contribution in [2.24, 2.45) is 0 Å². The molecule has 24 heavy (non-hydrogen) atoms. The molecule has 0 spiro atoms. The lowest BCUT2D eigenvalue weighted by Gasteiger charge is -2.20. The molecule has 1 saturated heterocycles. The number of unbranched alkanes of at least 4 members (excludes halogenated alkanes) is 1. The average Bonchev–Trinajstić information content (AvgIpc) is 3.35. The van der Waals surface area contributed by atoms with E-state index in [-0.39, 0.29) is 6.10 Å². The van der Waals surface area contributed by atoms with E-state index < -0.39 is 21.8 Å². The molecular formula is C20H24O3S. The minimum absolute atomic E-state index is 0.171. The molecule has 0 bridgehead atoms. The van der Waals surface area contributed by atoms with E-state index in [2.05, 4.69) is 6.92 Å². The summed E-state index contributed by atoms with van der Waals surface area (Å²) in [7, 11) is -1.43. The highest BCUT2D eigenvalue weighted by molar-refractivity contribution is 7.86. The van der Waals surface area contributed by atoms with Crippen molar-refractivity contribution in [1.29, 1.82) is 0 Å². The Balaban J connectivity index is 1.92. The number of ether oxygens (including phenoxy) is 1. The van der Waals surface area contributed by atoms with Gasteiger partial charge in [0, 0.05) is 4.90 Å². The lowest BCUT2D eigenvalue weighted by molar-refractivity contribution is 0.118. The first-order valence-corrected chi connectivity index (χ1v) is 9.64. The molecule has 4 heteroatoms. The highest BCUT2D eigenvalue weighted by Gasteiger charge is 2.66. The summed E-state index contributed by atoms with van der Waals surface area (Å²) in [6.07, 6.45) is 1.79. The average molecular weight is 344 g/mol. The van der Waals surface area contributed by atoms with Gasteiger partial charge in [-0.2, -0.15) is 0 Å². The van der Waals surface area contributed by atoms with Gasteiger partial charge in [-0.05, 0) is 31.0 Å². The topological polar surface area (TPSA) is 49.8 Å². The molecule has 3 nitrogen and oxygen atoms in total. The Hall–Kier alpha value is -1.49. The molecule has 2 aromatic rings. The van der Waals surface area contributed by atoms with Crippen LogP contribution in [0.4, 0.5) is 0 Å². The fourth-order valence-electron chi connectivity index (χ4n) is 3.06. The van der Waals surface area contributed by atoms with E-state index in [1.54, 1.807) is 0 Å². The number of epoxide rings is 1. The summed E-state index contributed by atoms with van der Waals surface area (Å²) in [5.41, 5.74) is 1.87. The van der Waals surface area contributed by atoms with Crippen LogP contribution in [-0.2, 0) is 15.5 Å². The maximum atomic E-state index is 13.3. The van der Waals surface area contributed by atoms with Gasteiger partial charge >= 0.3 is 0 Å². The minimum atomic E-state index is -1.43. The Morgan fingerprint density at radius 3 is 2.46 bits per heavy atom. The quantitative estimate of drug-likeness (QED) is 0.769. The summed E-state index contributed by atoms with van der Waals surface area (Å²) in [5, 5.41) is 10.9. The first-order valence-electron chi connectivity index (χ1n) is 8.49. The van der Waals surface area contributed by atoms with Gasteiger partial charge in [0.1, 0.15) is 12.2 Å². The van der Waals surface area contributed by atoms with E-state index in [1.807, 2.05) is 61.5 Å². The third-order valence-corrected chi connectivity index (χ3v) is 6.42. The van der Waals surface area contributed by atoms with E-state index >= 15 is 0 Å². The molecule has 0 unspecified atom stereocenters. The predicted molar refractivity (Wildman–Crippen MR) is 96.1 cm³/mol. The predicted octanol–water partition coefficient (Wildman–Crippen LogP) is 4.12. The minimum Gasteiger partial charge on any atom is -0.384 e. The third kappa shape index (κ3) is 3.18. The molecule has 4 atom stereocenters. The summed E-state index contributed by atoms with van der Waals surface area (Å²) < 4.78 is 19.2. The zero-order valence-corrected chi connectivity index (χ0v) is 15.0. The van der Waals surface area contributed by atoms with Crippen molar-refractivity contribution < 1.29 is 14.1 Å². The first-order chi connectivity index (χ1) is 11.6. The molecule has 1 aliphatic rings. The molecule has 1 N–H and O–H groups in total. The van der Waals surface area contributed by atoms with Crippen molar-refractivity contribution in [2.75, 3.05) is 0 Å². The van der Waals surface area contributed by atoms with E-state index in [0.717, 1.165) is 30.4 Å². The summed E-state index contributed by atoms with van der Waals surface area (Å²) in [4.78, 5) is -0.333. The van der Waals surface area contributed by atoms with Crippen molar-refractivity contribution >= 4 is 10.8 Å². The molecule has 0 aromatic heterocycles. The van der Waals surface area contributed by atoms with Crippen LogP contribution in [-0.4, -0.2) is 20.4 Å². The smallest absolute Gasteiger partial charge is 0.203 e. The van der Waals surface area contributed by atoms with Gasteiger partial charge in [-0.25, -0.2) is 0 Å². The van der Waals surface area contributed by atoms with Crippen molar-refractivity contribution in [2.45, 2.75) is 55.1 Å². The molecular weight excluding hydrogens is 320 g/mol. The maximum Gasteiger partial charge on any atom is 0.203 e. The van der Waals surface area contributed by atoms with Gasteiger partial charge in [-0.1, -0.05) is 67.8 Å². The van der Waals surface area contributed by atoms with Gasteiger partial charge in [-0.3, -0.25) is 4.21 Å². The molecule has 0 saturated carbocycles. The lowest BCUT2D eigenvalue weighted by atomic mass is 10.0. The molecule has 128 valence electrons. The van der Waals surface area contributed by atoms with Crippen LogP contribution in [0, 0.1) is 6.92 Å². The van der Waals surface area contributed by atoms with Crippen molar-refractivity contribution in [3.05, 3.63) is 65.7 Å². The van der Waals surface area contributed by atoms with Crippen LogP contribution < -0.4 is 0 Å². The van der Waals surface area contributed by atoms with Crippen LogP contribution in [0.2, 0.25) is 0 Å². The second kappa shape index (κ2) is 7.18. The zero-order chi connectivity index (χ0) is 17.2. The Morgan fingerprint density at radius 1 is 1.17 bits per heavy atom. The molecule has 0 amide bonds. The SMILES string of the molecule is CCCC[C@@H]1O[C@]1([C@H](O)c1ccccc1)[S@@](=O)c1ccc(C)cc1. The normalized spacial score (nSPS) is 25.2. The third-order valence-electron chi connectivity index (χ3n) is 4.56. The molecule has 0 aliphatic carbocycles. The summed E-state index contributed by atoms with van der Waals surface area (Å²) >= 11 is 0. The molecule has 2 aromatic carbocycles. The van der Waals surface area contributed by atoms with Crippen LogP contribution in [0.1, 0.15) is 43.4 Å². The van der Waals surface area contributed by atoms with Gasteiger partial charge in [0.05, 0.1) is 10.8 Å². The van der Waals surface area contributed by atoms with E-state index in [9.17, 15) is 9.32 Å². The number of rotatable bonds is 7. The highest BCUT2D eigenvalue weighted by atomic mass is 32.2. The Kier molecular flexibility index (Phi) is 5.18. The fraction of sp³-hybridized carbons (Fsp3) is 0.400. The Labute approximate surface area is 146 Å². The standard InChI is InChI=1S/C20H24O3S/c1-3-4-10-18-20(23-18,19(21)16-8-6-5-7-9-16)24(22)17-13-11-15(2)12-14-17/h5-9,11-14,18-19,21H,3-4,10H2,1-2H3/t18-,19+,20-,24-/m0/s1. The fourth-order valence-corrected chi connectivity index (χ4v) is 4.71. The lowest BCUT2D eigenvalue weighted by Crippen LogP contribution is -2.31. The Bertz CT molecular complexity index is 699. The molecule has 0 radical (unpaired) electrons. The number of aryl methyl sites for hydroxylation is 1. The summed E-state index contributed by atoms with van der Waals surface area (Å²) in [5.74, 6) is 0. The van der Waals surface area contributed by atoms with E-state index in [0.29, 0.717) is 4.90 Å². The molecule has 1 fully saturated rings. The number of hydrogen-bond acceptors (Lipinski definition) is 3. The van der Waals surface area contributed by atoms with Crippen molar-refractivity contribution in [3.8, 4) is 0 Å². The number of aliphatic hydroxyl groups is 1. The van der Waals surface area contributed by atoms with Crippen LogP contribution >= 0.6 is 0 Å². The molecule has 1 aliphatic heterocycles. The summed E-state index contributed by atoms with van der Waals surface area (Å²) in [6, 6.07) is 17.0. The zero-order valence-electron chi connectivity index (χ0n) is 14.1. The van der Waals surface area contributed by atoms with Crippen LogP contribution in [0.3, 0.4) is 0 Å². The number of benzene rings is 2. The van der Waals surface area contributed by atoms with Gasteiger partial charge in [-0.15, -0.1) is 0 Å². The van der Waals surface area contributed by atoms with E-state index in [4.69, 9.17) is 4.74 Å². The van der Waals surface area contributed by atoms with Crippen LogP contribution in [0.15, 0.2) is 59.5 Å². The van der Waals surface area contributed by atoms with Crippen molar-refractivity contribution in [1.82, 2.24) is 0 Å². The van der Waals surface area contributed by atoms with Crippen LogP contribution in [0.5, 0.6) is 0 Å². The van der Waals surface area contributed by atoms with Gasteiger partial charge in [0.25, 0.3) is 0 Å². The first kappa shape index (κ1) is 17.3. The number of hydrogen-bond donors (Lipinski definition) is 1. The Morgan fingerprint density at radius 2 is 1.83 bits per heavy atom. The highest BCUT2D eigenvalue weighted by Crippen LogP contribution is 2.53. The van der Waals surface area contributed by atoms with E-state index in [1.165, 1.54) is 0 Å². The maximum absolute atomic E-state index is 13.3. The number of aliphatic hydroxyl groups excluding tert-OH is 1. The second-order valence-corrected chi connectivity index (χ2v) is 8.01. The molecule has 3 rings (SSSR count). The largest absolute Gasteiger partial charge is 0.384 e. The van der Waals surface area contributed by atoms with Gasteiger partial charge in [0.15, 0.2) is 0 Å². The van der Waals surface area contributed by atoms with Crippen molar-refractivity contribution in [3.63, 3.8) is 0 Å².